The predicted octanol–water partition coefficient (Wildman–Crippen LogP) is 3.20. The summed E-state index contributed by atoms with van der Waals surface area (Å²) in [6.07, 6.45) is 1.96. The van der Waals surface area contributed by atoms with Crippen LogP contribution in [0.5, 0.6) is 0 Å². The van der Waals surface area contributed by atoms with Crippen molar-refractivity contribution in [2.24, 2.45) is 0 Å². The summed E-state index contributed by atoms with van der Waals surface area (Å²) in [5.41, 5.74) is 1.98. The molecule has 2 aromatic rings. The molecule has 102 valence electrons. The maximum Gasteiger partial charge on any atom is 0.191 e. The van der Waals surface area contributed by atoms with E-state index in [4.69, 9.17) is 0 Å². The van der Waals surface area contributed by atoms with E-state index in [2.05, 4.69) is 36.3 Å². The molecule has 0 unspecified atom stereocenters. The number of nitrogens with zero attached hydrogens (tertiary/aromatic N) is 4. The number of aromatic nitrogens is 4. The third kappa shape index (κ3) is 2.92. The molecule has 0 saturated carbocycles. The van der Waals surface area contributed by atoms with Crippen LogP contribution in [-0.4, -0.2) is 32.5 Å². The van der Waals surface area contributed by atoms with Crippen molar-refractivity contribution in [1.29, 1.82) is 0 Å². The number of anilines is 1. The van der Waals surface area contributed by atoms with E-state index in [1.165, 1.54) is 11.8 Å². The highest BCUT2D eigenvalue weighted by atomic mass is 79.9. The van der Waals surface area contributed by atoms with Crippen LogP contribution >= 0.6 is 27.7 Å². The summed E-state index contributed by atoms with van der Waals surface area (Å²) < 4.78 is 2.85. The summed E-state index contributed by atoms with van der Waals surface area (Å²) in [7, 11) is 0. The van der Waals surface area contributed by atoms with Crippen LogP contribution in [0.4, 0.5) is 5.82 Å². The van der Waals surface area contributed by atoms with Gasteiger partial charge in [0.25, 0.3) is 0 Å². The maximum atomic E-state index is 4.51. The Hall–Kier alpha value is -1.08. The van der Waals surface area contributed by atoms with E-state index >= 15 is 0 Å². The van der Waals surface area contributed by atoms with Crippen LogP contribution in [0.15, 0.2) is 15.7 Å². The number of nitrogens with one attached hydrogen (secondary N) is 1. The standard InChI is InChI=1S/C12H16BrN5S/c1-5-14-9-6-10(16-12(15-9)19-4)18-8(3)11(13)7(2)17-18/h6H,5H2,1-4H3,(H,14,15,16). The molecule has 2 aromatic heterocycles. The van der Waals surface area contributed by atoms with E-state index in [9.17, 15) is 0 Å². The lowest BCUT2D eigenvalue weighted by Crippen LogP contribution is -2.07. The first-order valence-corrected chi connectivity index (χ1v) is 7.97. The molecule has 0 bridgehead atoms. The van der Waals surface area contributed by atoms with Crippen LogP contribution in [0.2, 0.25) is 0 Å². The van der Waals surface area contributed by atoms with Gasteiger partial charge in [-0.2, -0.15) is 5.10 Å². The molecule has 0 aliphatic carbocycles. The quantitative estimate of drug-likeness (QED) is 0.683. The predicted molar refractivity (Wildman–Crippen MR) is 82.3 cm³/mol. The Kier molecular flexibility index (Phi) is 4.46. The van der Waals surface area contributed by atoms with Crippen LogP contribution < -0.4 is 5.32 Å². The van der Waals surface area contributed by atoms with Crippen molar-refractivity contribution in [3.8, 4) is 5.82 Å². The van der Waals surface area contributed by atoms with Gasteiger partial charge in [-0.25, -0.2) is 14.6 Å². The molecule has 2 heterocycles. The highest BCUT2D eigenvalue weighted by molar-refractivity contribution is 9.10. The van der Waals surface area contributed by atoms with Gasteiger partial charge in [0, 0.05) is 12.6 Å². The summed E-state index contributed by atoms with van der Waals surface area (Å²) in [4.78, 5) is 8.93. The van der Waals surface area contributed by atoms with Gasteiger partial charge in [0.05, 0.1) is 15.9 Å². The molecule has 0 fully saturated rings. The molecule has 2 rings (SSSR count). The van der Waals surface area contributed by atoms with Gasteiger partial charge in [0.2, 0.25) is 0 Å². The van der Waals surface area contributed by atoms with E-state index in [0.717, 1.165) is 39.2 Å². The first kappa shape index (κ1) is 14.3. The molecule has 5 nitrogen and oxygen atoms in total. The Morgan fingerprint density at radius 2 is 2.11 bits per heavy atom. The molecule has 0 aliphatic heterocycles. The van der Waals surface area contributed by atoms with E-state index in [1.54, 1.807) is 0 Å². The molecule has 0 saturated heterocycles. The van der Waals surface area contributed by atoms with Gasteiger partial charge in [0.15, 0.2) is 11.0 Å². The number of hydrogen-bond donors (Lipinski definition) is 1. The highest BCUT2D eigenvalue weighted by Gasteiger charge is 2.13. The summed E-state index contributed by atoms with van der Waals surface area (Å²) in [6.45, 7) is 6.85. The fourth-order valence-electron chi connectivity index (χ4n) is 1.73. The van der Waals surface area contributed by atoms with Crippen LogP contribution in [0, 0.1) is 13.8 Å². The number of halogens is 1. The molecule has 19 heavy (non-hydrogen) atoms. The van der Waals surface area contributed by atoms with Crippen molar-refractivity contribution in [2.45, 2.75) is 25.9 Å². The van der Waals surface area contributed by atoms with Crippen molar-refractivity contribution in [1.82, 2.24) is 19.7 Å². The molecule has 0 atom stereocenters. The van der Waals surface area contributed by atoms with Crippen LogP contribution in [0.3, 0.4) is 0 Å². The minimum absolute atomic E-state index is 0.733. The Morgan fingerprint density at radius 1 is 1.37 bits per heavy atom. The van der Waals surface area contributed by atoms with E-state index in [0.29, 0.717) is 0 Å². The Bertz CT molecular complexity index is 596. The van der Waals surface area contributed by atoms with Gasteiger partial charge in [-0.15, -0.1) is 0 Å². The molecule has 7 heteroatoms. The first-order valence-electron chi connectivity index (χ1n) is 5.95. The lowest BCUT2D eigenvalue weighted by atomic mass is 10.4. The number of hydrogen-bond acceptors (Lipinski definition) is 5. The fourth-order valence-corrected chi connectivity index (χ4v) is 2.35. The van der Waals surface area contributed by atoms with Crippen molar-refractivity contribution in [3.05, 3.63) is 21.9 Å². The first-order chi connectivity index (χ1) is 9.06. The molecular formula is C12H16BrN5S. The van der Waals surface area contributed by atoms with Crippen molar-refractivity contribution < 1.29 is 0 Å². The zero-order valence-electron chi connectivity index (χ0n) is 11.4. The summed E-state index contributed by atoms with van der Waals surface area (Å²) in [5.74, 6) is 1.60. The number of thioether (sulfide) groups is 1. The second kappa shape index (κ2) is 5.92. The normalized spacial score (nSPS) is 10.8. The summed E-state index contributed by atoms with van der Waals surface area (Å²) in [5, 5.41) is 8.45. The topological polar surface area (TPSA) is 55.6 Å². The molecule has 0 spiro atoms. The zero-order chi connectivity index (χ0) is 14.0. The Labute approximate surface area is 125 Å². The summed E-state index contributed by atoms with van der Waals surface area (Å²) >= 11 is 5.05. The average molecular weight is 342 g/mol. The molecule has 0 aromatic carbocycles. The van der Waals surface area contributed by atoms with Gasteiger partial charge in [0.1, 0.15) is 5.82 Å². The average Bonchev–Trinajstić information content (AvgIpc) is 2.66. The number of aryl methyl sites for hydroxylation is 1. The monoisotopic (exact) mass is 341 g/mol. The fraction of sp³-hybridized carbons (Fsp3) is 0.417. The molecular weight excluding hydrogens is 326 g/mol. The SMILES string of the molecule is CCNc1cc(-n2nc(C)c(Br)c2C)nc(SC)n1. The molecule has 1 N–H and O–H groups in total. The molecule has 0 amide bonds. The Balaban J connectivity index is 2.54. The van der Waals surface area contributed by atoms with Crippen LogP contribution in [0.1, 0.15) is 18.3 Å². The highest BCUT2D eigenvalue weighted by Crippen LogP contribution is 2.24. The smallest absolute Gasteiger partial charge is 0.191 e. The second-order valence-electron chi connectivity index (χ2n) is 4.03. The largest absolute Gasteiger partial charge is 0.370 e. The minimum atomic E-state index is 0.733. The van der Waals surface area contributed by atoms with E-state index in [-0.39, 0.29) is 0 Å². The zero-order valence-corrected chi connectivity index (χ0v) is 13.8. The molecule has 0 aliphatic rings. The van der Waals surface area contributed by atoms with Crippen molar-refractivity contribution in [2.75, 3.05) is 18.1 Å². The lowest BCUT2D eigenvalue weighted by Gasteiger charge is -2.08. The van der Waals surface area contributed by atoms with Crippen LogP contribution in [0.25, 0.3) is 5.82 Å². The third-order valence-corrected chi connectivity index (χ3v) is 4.35. The van der Waals surface area contributed by atoms with Crippen molar-refractivity contribution >= 4 is 33.5 Å². The lowest BCUT2D eigenvalue weighted by molar-refractivity contribution is 0.777. The third-order valence-electron chi connectivity index (χ3n) is 2.65. The number of rotatable bonds is 4. The van der Waals surface area contributed by atoms with Gasteiger partial charge in [-0.1, -0.05) is 11.8 Å². The Morgan fingerprint density at radius 3 is 2.63 bits per heavy atom. The summed E-state index contributed by atoms with van der Waals surface area (Å²) in [6, 6.07) is 1.91. The van der Waals surface area contributed by atoms with Gasteiger partial charge < -0.3 is 5.32 Å². The van der Waals surface area contributed by atoms with Gasteiger partial charge in [-0.3, -0.25) is 0 Å². The van der Waals surface area contributed by atoms with E-state index in [1.807, 2.05) is 37.8 Å². The molecule has 0 radical (unpaired) electrons. The van der Waals surface area contributed by atoms with E-state index < -0.39 is 0 Å². The van der Waals surface area contributed by atoms with Crippen molar-refractivity contribution in [3.63, 3.8) is 0 Å². The maximum absolute atomic E-state index is 4.51. The van der Waals surface area contributed by atoms with Gasteiger partial charge >= 0.3 is 0 Å². The van der Waals surface area contributed by atoms with Crippen LogP contribution in [-0.2, 0) is 0 Å². The second-order valence-corrected chi connectivity index (χ2v) is 5.59. The van der Waals surface area contributed by atoms with Gasteiger partial charge in [-0.05, 0) is 43.0 Å². The minimum Gasteiger partial charge on any atom is -0.370 e.